The molecule has 0 unspecified atom stereocenters. The molecule has 7 nitrogen and oxygen atoms in total. The van der Waals surface area contributed by atoms with E-state index in [1.807, 2.05) is 6.20 Å². The maximum Gasteiger partial charge on any atom is 0.166 e. The fraction of sp³-hybridized carbons (Fsp3) is 0.280. The van der Waals surface area contributed by atoms with Crippen LogP contribution in [0.1, 0.15) is 24.4 Å². The van der Waals surface area contributed by atoms with E-state index in [1.165, 1.54) is 61.3 Å². The molecule has 3 aromatic heterocycles. The molecule has 0 saturated carbocycles. The summed E-state index contributed by atoms with van der Waals surface area (Å²) in [4.78, 5) is 14.6. The summed E-state index contributed by atoms with van der Waals surface area (Å²) in [5.74, 6) is -0.445. The Balaban J connectivity index is 0.000000166. The monoisotopic (exact) mass is 493 g/mol. The topological polar surface area (TPSA) is 71.8 Å². The number of rotatable bonds is 3. The van der Waals surface area contributed by atoms with Crippen molar-refractivity contribution in [1.82, 2.24) is 29.6 Å². The van der Waals surface area contributed by atoms with Gasteiger partial charge in [0.1, 0.15) is 18.0 Å². The zero-order valence-corrected chi connectivity index (χ0v) is 20.3. The molecule has 180 valence electrons. The summed E-state index contributed by atoms with van der Waals surface area (Å²) in [5.41, 5.74) is 4.30. The van der Waals surface area contributed by atoms with E-state index in [9.17, 15) is 8.78 Å². The summed E-state index contributed by atoms with van der Waals surface area (Å²) in [7, 11) is 2.19. The van der Waals surface area contributed by atoms with E-state index < -0.39 is 11.6 Å². The summed E-state index contributed by atoms with van der Waals surface area (Å²) >= 11 is 1.23. The molecule has 0 aliphatic carbocycles. The smallest absolute Gasteiger partial charge is 0.166 e. The van der Waals surface area contributed by atoms with E-state index in [2.05, 4.69) is 55.1 Å². The normalized spacial score (nSPS) is 14.7. The van der Waals surface area contributed by atoms with Gasteiger partial charge in [0.15, 0.2) is 5.82 Å². The van der Waals surface area contributed by atoms with Crippen LogP contribution < -0.4 is 5.32 Å². The van der Waals surface area contributed by atoms with Crippen LogP contribution in [0.3, 0.4) is 0 Å². The summed E-state index contributed by atoms with van der Waals surface area (Å²) < 4.78 is 30.5. The van der Waals surface area contributed by atoms with Gasteiger partial charge in [-0.15, -0.1) is 11.3 Å². The Morgan fingerprint density at radius 3 is 2.60 bits per heavy atom. The lowest BCUT2D eigenvalue weighted by molar-refractivity contribution is 0.212. The number of piperidine rings is 1. The van der Waals surface area contributed by atoms with Crippen molar-refractivity contribution in [2.24, 2.45) is 0 Å². The molecule has 10 heteroatoms. The lowest BCUT2D eigenvalue weighted by atomic mass is 10.1. The number of thiazole rings is 1. The molecular formula is C25H25F2N7S. The van der Waals surface area contributed by atoms with Crippen molar-refractivity contribution < 1.29 is 8.78 Å². The number of fused-ring (bicyclic) bond motifs is 2. The van der Waals surface area contributed by atoms with Crippen molar-refractivity contribution in [2.75, 3.05) is 25.5 Å². The second kappa shape index (κ2) is 10.0. The molecule has 0 spiro atoms. The number of hydrogen-bond donors (Lipinski definition) is 1. The minimum atomic E-state index is -0.400. The number of nitrogens with zero attached hydrogens (tertiary/aromatic N) is 6. The van der Waals surface area contributed by atoms with E-state index in [4.69, 9.17) is 0 Å². The van der Waals surface area contributed by atoms with Crippen molar-refractivity contribution >= 4 is 44.0 Å². The van der Waals surface area contributed by atoms with E-state index in [1.54, 1.807) is 23.7 Å². The highest BCUT2D eigenvalue weighted by atomic mass is 32.1. The Morgan fingerprint density at radius 2 is 1.83 bits per heavy atom. The number of aryl methyl sites for hydroxylation is 1. The number of likely N-dealkylation sites (tertiary alicyclic amines) is 1. The van der Waals surface area contributed by atoms with E-state index in [0.717, 1.165) is 0 Å². The summed E-state index contributed by atoms with van der Waals surface area (Å²) in [5, 5.41) is 7.77. The third-order valence-corrected chi connectivity index (χ3v) is 6.92. The first-order valence-corrected chi connectivity index (χ1v) is 12.2. The van der Waals surface area contributed by atoms with Crippen LogP contribution in [-0.2, 0) is 0 Å². The van der Waals surface area contributed by atoms with Crippen LogP contribution >= 0.6 is 11.3 Å². The fourth-order valence-electron chi connectivity index (χ4n) is 4.14. The molecule has 0 bridgehead atoms. The minimum absolute atomic E-state index is 0.265. The van der Waals surface area contributed by atoms with E-state index in [-0.39, 0.29) is 5.69 Å². The van der Waals surface area contributed by atoms with Crippen LogP contribution in [0.15, 0.2) is 54.6 Å². The predicted molar refractivity (Wildman–Crippen MR) is 135 cm³/mol. The summed E-state index contributed by atoms with van der Waals surface area (Å²) in [6.07, 6.45) is 7.91. The first-order chi connectivity index (χ1) is 17.0. The average Bonchev–Trinajstić information content (AvgIpc) is 3.52. The Morgan fingerprint density at radius 1 is 1.03 bits per heavy atom. The molecule has 6 rings (SSSR count). The largest absolute Gasteiger partial charge is 0.337 e. The molecule has 1 fully saturated rings. The number of aromatic nitrogens is 5. The van der Waals surface area contributed by atoms with Crippen LogP contribution in [0.25, 0.3) is 21.1 Å². The zero-order chi connectivity index (χ0) is 24.4. The summed E-state index contributed by atoms with van der Waals surface area (Å²) in [6.45, 7) is 4.49. The summed E-state index contributed by atoms with van der Waals surface area (Å²) in [6, 6.07) is 8.14. The second-order valence-electron chi connectivity index (χ2n) is 8.67. The number of anilines is 2. The van der Waals surface area contributed by atoms with Gasteiger partial charge in [-0.3, -0.25) is 4.68 Å². The van der Waals surface area contributed by atoms with E-state index in [0.29, 0.717) is 33.0 Å². The highest BCUT2D eigenvalue weighted by Gasteiger charge is 2.18. The van der Waals surface area contributed by atoms with Crippen molar-refractivity contribution in [3.05, 3.63) is 71.8 Å². The lowest BCUT2D eigenvalue weighted by Crippen LogP contribution is -2.31. The lowest BCUT2D eigenvalue weighted by Gasteiger charge is -2.28. The molecule has 5 aromatic rings. The highest BCUT2D eigenvalue weighted by Crippen LogP contribution is 2.30. The molecule has 35 heavy (non-hydrogen) atoms. The third-order valence-electron chi connectivity index (χ3n) is 6.08. The SMILES string of the molecule is Cc1cnn(C2CCN(C)CC2)c1.Fc1ccc2ncnc(Nc3ccc4ncsc4c3F)c2c1. The number of halogens is 2. The quantitative estimate of drug-likeness (QED) is 0.347. The standard InChI is InChI=1S/C15H8F2N4S.C10H17N3/c16-8-1-2-10-9(5-8)15(19-6-18-10)21-11-3-4-12-14(13(11)17)22-7-20-12;1-9-7-11-13(8-9)10-3-5-12(2)6-4-10/h1-7H,(H,18,19,21);7-8,10H,3-6H2,1-2H3. The molecule has 1 saturated heterocycles. The molecular weight excluding hydrogens is 468 g/mol. The molecule has 0 atom stereocenters. The Bertz CT molecular complexity index is 1460. The first kappa shape index (κ1) is 23.3. The second-order valence-corrected chi connectivity index (χ2v) is 9.52. The van der Waals surface area contributed by atoms with Crippen LogP contribution in [0.5, 0.6) is 0 Å². The van der Waals surface area contributed by atoms with Crippen LogP contribution in [0.4, 0.5) is 20.3 Å². The molecule has 1 N–H and O–H groups in total. The van der Waals surface area contributed by atoms with Crippen LogP contribution in [0.2, 0.25) is 0 Å². The number of benzene rings is 2. The number of hydrogen-bond acceptors (Lipinski definition) is 7. The highest BCUT2D eigenvalue weighted by molar-refractivity contribution is 7.16. The molecule has 1 aliphatic heterocycles. The first-order valence-electron chi connectivity index (χ1n) is 11.4. The number of nitrogens with one attached hydrogen (secondary N) is 1. The average molecular weight is 494 g/mol. The zero-order valence-electron chi connectivity index (χ0n) is 19.4. The molecule has 0 radical (unpaired) electrons. The molecule has 4 heterocycles. The maximum atomic E-state index is 14.5. The van der Waals surface area contributed by atoms with Gasteiger partial charge >= 0.3 is 0 Å². The fourth-order valence-corrected chi connectivity index (χ4v) is 4.87. The van der Waals surface area contributed by atoms with Gasteiger partial charge in [-0.05, 0) is 75.8 Å². The van der Waals surface area contributed by atoms with Gasteiger partial charge in [-0.1, -0.05) is 0 Å². The van der Waals surface area contributed by atoms with Gasteiger partial charge in [-0.2, -0.15) is 5.10 Å². The van der Waals surface area contributed by atoms with Gasteiger partial charge in [0, 0.05) is 11.6 Å². The van der Waals surface area contributed by atoms with Gasteiger partial charge in [-0.25, -0.2) is 23.7 Å². The Kier molecular flexibility index (Phi) is 6.65. The predicted octanol–water partition coefficient (Wildman–Crippen LogP) is 5.72. The maximum absolute atomic E-state index is 14.5. The van der Waals surface area contributed by atoms with Gasteiger partial charge in [0.2, 0.25) is 0 Å². The van der Waals surface area contributed by atoms with Crippen molar-refractivity contribution in [1.29, 1.82) is 0 Å². The van der Waals surface area contributed by atoms with Crippen molar-refractivity contribution in [2.45, 2.75) is 25.8 Å². The van der Waals surface area contributed by atoms with Gasteiger partial charge in [0.05, 0.1) is 39.2 Å². The van der Waals surface area contributed by atoms with Gasteiger partial charge < -0.3 is 10.2 Å². The molecule has 1 aliphatic rings. The van der Waals surface area contributed by atoms with Crippen molar-refractivity contribution in [3.63, 3.8) is 0 Å². The van der Waals surface area contributed by atoms with Crippen LogP contribution in [-0.4, -0.2) is 49.8 Å². The van der Waals surface area contributed by atoms with E-state index >= 15 is 0 Å². The Labute approximate surface area is 205 Å². The Hall–Kier alpha value is -3.50. The molecule has 2 aromatic carbocycles. The van der Waals surface area contributed by atoms with Crippen molar-refractivity contribution in [3.8, 4) is 0 Å². The minimum Gasteiger partial charge on any atom is -0.337 e. The third kappa shape index (κ3) is 5.13. The van der Waals surface area contributed by atoms with Gasteiger partial charge in [0.25, 0.3) is 0 Å². The molecule has 0 amide bonds. The van der Waals surface area contributed by atoms with Crippen LogP contribution in [0, 0.1) is 18.6 Å².